The molecule has 0 unspecified atom stereocenters. The molecule has 5 N–H and O–H groups in total. The summed E-state index contributed by atoms with van der Waals surface area (Å²) in [5.74, 6) is -0.126. The molecule has 10 heteroatoms. The van der Waals surface area contributed by atoms with Crippen LogP contribution < -0.4 is 11.1 Å². The van der Waals surface area contributed by atoms with Crippen LogP contribution in [0.4, 0.5) is 5.82 Å². The molecule has 2 aromatic heterocycles. The highest BCUT2D eigenvalue weighted by Gasteiger charge is 2.35. The summed E-state index contributed by atoms with van der Waals surface area (Å²) in [4.78, 5) is 23.3. The molecule has 0 radical (unpaired) electrons. The lowest BCUT2D eigenvalue weighted by molar-refractivity contribution is -0.116. The van der Waals surface area contributed by atoms with Gasteiger partial charge in [0.2, 0.25) is 5.91 Å². The van der Waals surface area contributed by atoms with Gasteiger partial charge in [-0.1, -0.05) is 0 Å². The third-order valence-electron chi connectivity index (χ3n) is 3.48. The number of aromatic nitrogens is 4. The summed E-state index contributed by atoms with van der Waals surface area (Å²) < 4.78 is 7.24. The number of aliphatic hydroxyl groups excluding tert-OH is 2. The fraction of sp³-hybridized carbons (Fsp3) is 0.500. The van der Waals surface area contributed by atoms with Gasteiger partial charge in [-0.3, -0.25) is 9.36 Å². The van der Waals surface area contributed by atoms with Crippen molar-refractivity contribution in [2.24, 2.45) is 5.73 Å². The van der Waals surface area contributed by atoms with Gasteiger partial charge >= 0.3 is 0 Å². The topological polar surface area (TPSA) is 148 Å². The van der Waals surface area contributed by atoms with Crippen LogP contribution in [0.1, 0.15) is 12.6 Å². The molecule has 0 aliphatic carbocycles. The summed E-state index contributed by atoms with van der Waals surface area (Å²) in [6.07, 6.45) is 1.32. The van der Waals surface area contributed by atoms with E-state index in [4.69, 9.17) is 15.6 Å². The number of fused-ring (bicyclic) bond motifs is 1. The van der Waals surface area contributed by atoms with Crippen molar-refractivity contribution in [3.05, 3.63) is 12.7 Å². The summed E-state index contributed by atoms with van der Waals surface area (Å²) in [5.41, 5.74) is 6.06. The first kappa shape index (κ1) is 14.6. The SMILES string of the molecule is NC(=O)CNc1ncnc2c1ncn2[C@H]1C[C@H](O)[C@@H](CO)O1. The Kier molecular flexibility index (Phi) is 3.88. The highest BCUT2D eigenvalue weighted by atomic mass is 16.5. The third kappa shape index (κ3) is 2.58. The Morgan fingerprint density at radius 1 is 1.50 bits per heavy atom. The molecule has 0 bridgehead atoms. The van der Waals surface area contributed by atoms with Crippen molar-refractivity contribution >= 4 is 22.9 Å². The largest absolute Gasteiger partial charge is 0.394 e. The Morgan fingerprint density at radius 3 is 3.00 bits per heavy atom. The monoisotopic (exact) mass is 308 g/mol. The van der Waals surface area contributed by atoms with Gasteiger partial charge in [-0.2, -0.15) is 0 Å². The molecule has 0 saturated carbocycles. The van der Waals surface area contributed by atoms with E-state index in [9.17, 15) is 9.90 Å². The first-order valence-electron chi connectivity index (χ1n) is 6.74. The fourth-order valence-corrected chi connectivity index (χ4v) is 2.41. The first-order valence-corrected chi connectivity index (χ1v) is 6.74. The van der Waals surface area contributed by atoms with Crippen molar-refractivity contribution in [2.75, 3.05) is 18.5 Å². The summed E-state index contributed by atoms with van der Waals surface area (Å²) in [6.45, 7) is -0.325. The van der Waals surface area contributed by atoms with Gasteiger partial charge < -0.3 is 26.0 Å². The van der Waals surface area contributed by atoms with Gasteiger partial charge in [0.05, 0.1) is 25.6 Å². The normalized spacial score (nSPS) is 24.7. The predicted molar refractivity (Wildman–Crippen MR) is 74.6 cm³/mol. The van der Waals surface area contributed by atoms with Gasteiger partial charge in [0, 0.05) is 6.42 Å². The van der Waals surface area contributed by atoms with Gasteiger partial charge in [-0.25, -0.2) is 15.0 Å². The van der Waals surface area contributed by atoms with Crippen LogP contribution in [-0.2, 0) is 9.53 Å². The van der Waals surface area contributed by atoms with E-state index in [1.807, 2.05) is 0 Å². The molecule has 118 valence electrons. The van der Waals surface area contributed by atoms with Crippen molar-refractivity contribution in [2.45, 2.75) is 24.9 Å². The number of nitrogens with two attached hydrogens (primary N) is 1. The van der Waals surface area contributed by atoms with Gasteiger partial charge in [0.1, 0.15) is 18.7 Å². The lowest BCUT2D eigenvalue weighted by atomic mass is 10.2. The van der Waals surface area contributed by atoms with Gasteiger partial charge in [0.15, 0.2) is 17.0 Å². The summed E-state index contributed by atoms with van der Waals surface area (Å²) in [5, 5.41) is 21.7. The molecule has 3 rings (SSSR count). The van der Waals surface area contributed by atoms with E-state index in [2.05, 4.69) is 20.3 Å². The minimum atomic E-state index is -0.748. The maximum absolute atomic E-state index is 10.8. The Labute approximate surface area is 124 Å². The third-order valence-corrected chi connectivity index (χ3v) is 3.48. The fourth-order valence-electron chi connectivity index (χ4n) is 2.41. The number of aliphatic hydroxyl groups is 2. The van der Waals surface area contributed by atoms with Gasteiger partial charge in [-0.05, 0) is 0 Å². The van der Waals surface area contributed by atoms with E-state index in [1.165, 1.54) is 12.7 Å². The number of primary amides is 1. The Hall–Kier alpha value is -2.30. The minimum Gasteiger partial charge on any atom is -0.394 e. The second-order valence-electron chi connectivity index (χ2n) is 4.98. The Bertz CT molecular complexity index is 689. The standard InChI is InChI=1S/C12H16N6O4/c13-8(21)2-14-11-10-12(16-4-15-11)18(5-17-10)9-1-6(20)7(3-19)22-9/h4-7,9,19-20H,1-3H2,(H2,13,21)(H,14,15,16)/t6-,7+,9+/m0/s1. The smallest absolute Gasteiger partial charge is 0.236 e. The number of hydrogen-bond acceptors (Lipinski definition) is 8. The molecule has 2 aromatic rings. The van der Waals surface area contributed by atoms with Crippen molar-refractivity contribution in [1.82, 2.24) is 19.5 Å². The van der Waals surface area contributed by atoms with Crippen LogP contribution in [0, 0.1) is 0 Å². The quantitative estimate of drug-likeness (QED) is 0.514. The van der Waals surface area contributed by atoms with E-state index in [-0.39, 0.29) is 13.2 Å². The van der Waals surface area contributed by atoms with Crippen LogP contribution in [0.3, 0.4) is 0 Å². The van der Waals surface area contributed by atoms with Crippen LogP contribution >= 0.6 is 0 Å². The Balaban J connectivity index is 1.89. The van der Waals surface area contributed by atoms with Crippen LogP contribution in [-0.4, -0.2) is 61.0 Å². The molecule has 1 amide bonds. The van der Waals surface area contributed by atoms with E-state index in [1.54, 1.807) is 4.57 Å². The molecule has 22 heavy (non-hydrogen) atoms. The van der Waals surface area contributed by atoms with Crippen molar-refractivity contribution in [3.63, 3.8) is 0 Å². The molecular formula is C12H16N6O4. The average molecular weight is 308 g/mol. The number of carbonyl (C=O) groups excluding carboxylic acids is 1. The molecule has 3 atom stereocenters. The number of carbonyl (C=O) groups is 1. The van der Waals surface area contributed by atoms with E-state index in [0.717, 1.165) is 0 Å². The zero-order chi connectivity index (χ0) is 15.7. The number of rotatable bonds is 5. The second kappa shape index (κ2) is 5.83. The van der Waals surface area contributed by atoms with Crippen molar-refractivity contribution in [1.29, 1.82) is 0 Å². The Morgan fingerprint density at radius 2 is 2.32 bits per heavy atom. The molecule has 1 saturated heterocycles. The highest BCUT2D eigenvalue weighted by Crippen LogP contribution is 2.31. The molecule has 0 aromatic carbocycles. The molecule has 3 heterocycles. The first-order chi connectivity index (χ1) is 10.6. The second-order valence-corrected chi connectivity index (χ2v) is 4.98. The van der Waals surface area contributed by atoms with Gasteiger partial charge in [0.25, 0.3) is 0 Å². The zero-order valence-electron chi connectivity index (χ0n) is 11.6. The molecule has 10 nitrogen and oxygen atoms in total. The molecule has 0 spiro atoms. The van der Waals surface area contributed by atoms with E-state index in [0.29, 0.717) is 23.4 Å². The number of nitrogens with one attached hydrogen (secondary N) is 1. The van der Waals surface area contributed by atoms with Crippen molar-refractivity contribution in [3.8, 4) is 0 Å². The van der Waals surface area contributed by atoms with Crippen molar-refractivity contribution < 1.29 is 19.7 Å². The van der Waals surface area contributed by atoms with Crippen LogP contribution in [0.25, 0.3) is 11.2 Å². The maximum atomic E-state index is 10.8. The van der Waals surface area contributed by atoms with Crippen LogP contribution in [0.5, 0.6) is 0 Å². The average Bonchev–Trinajstić information content (AvgIpc) is 3.08. The van der Waals surface area contributed by atoms with Crippen LogP contribution in [0.2, 0.25) is 0 Å². The molecule has 1 fully saturated rings. The van der Waals surface area contributed by atoms with Gasteiger partial charge in [-0.15, -0.1) is 0 Å². The van der Waals surface area contributed by atoms with Crippen LogP contribution in [0.15, 0.2) is 12.7 Å². The lowest BCUT2D eigenvalue weighted by Crippen LogP contribution is -2.24. The van der Waals surface area contributed by atoms with E-state index >= 15 is 0 Å². The number of imidazole rings is 1. The number of anilines is 1. The minimum absolute atomic E-state index is 0.0653. The lowest BCUT2D eigenvalue weighted by Gasteiger charge is -2.13. The maximum Gasteiger partial charge on any atom is 0.236 e. The number of nitrogens with zero attached hydrogens (tertiary/aromatic N) is 4. The van der Waals surface area contributed by atoms with E-state index < -0.39 is 24.3 Å². The zero-order valence-corrected chi connectivity index (χ0v) is 11.6. The molecular weight excluding hydrogens is 292 g/mol. The predicted octanol–water partition coefficient (Wildman–Crippen LogP) is -1.64. The highest BCUT2D eigenvalue weighted by molar-refractivity contribution is 5.86. The molecule has 1 aliphatic rings. The summed E-state index contributed by atoms with van der Waals surface area (Å²) >= 11 is 0. The number of amides is 1. The number of ether oxygens (including phenoxy) is 1. The molecule has 1 aliphatic heterocycles. The summed E-state index contributed by atoms with van der Waals surface area (Å²) in [6, 6.07) is 0. The number of hydrogen-bond donors (Lipinski definition) is 4. The summed E-state index contributed by atoms with van der Waals surface area (Å²) in [7, 11) is 0.